The summed E-state index contributed by atoms with van der Waals surface area (Å²) in [5, 5.41) is 15.9. The standard InChI is InChI=1S/C13H15N3O/c17-8-12-14-13(16-15-12)11-6-5-9-3-1-2-4-10(9)7-11/h1-4,11,17H,5-8H2,(H,14,15,16). The molecule has 0 bridgehead atoms. The minimum Gasteiger partial charge on any atom is -0.388 e. The van der Waals surface area contributed by atoms with Crippen LogP contribution in [0.3, 0.4) is 0 Å². The SMILES string of the molecule is OCc1nc(C2CCc3ccccc3C2)n[nH]1. The van der Waals surface area contributed by atoms with E-state index in [1.54, 1.807) is 0 Å². The fraction of sp³-hybridized carbons (Fsp3) is 0.385. The average molecular weight is 229 g/mol. The number of hydrogen-bond donors (Lipinski definition) is 2. The van der Waals surface area contributed by atoms with Crippen LogP contribution in [0.15, 0.2) is 24.3 Å². The third-order valence-electron chi connectivity index (χ3n) is 3.41. The number of aliphatic hydroxyl groups excluding tert-OH is 1. The highest BCUT2D eigenvalue weighted by Crippen LogP contribution is 2.30. The van der Waals surface area contributed by atoms with Crippen LogP contribution in [-0.2, 0) is 19.4 Å². The van der Waals surface area contributed by atoms with Gasteiger partial charge < -0.3 is 5.11 Å². The summed E-state index contributed by atoms with van der Waals surface area (Å²) in [5.74, 6) is 1.77. The highest BCUT2D eigenvalue weighted by Gasteiger charge is 2.22. The molecule has 2 N–H and O–H groups in total. The predicted octanol–water partition coefficient (Wildman–Crippen LogP) is 1.57. The summed E-state index contributed by atoms with van der Waals surface area (Å²) in [5.41, 5.74) is 2.85. The van der Waals surface area contributed by atoms with E-state index in [1.807, 2.05) is 0 Å². The molecule has 17 heavy (non-hydrogen) atoms. The summed E-state index contributed by atoms with van der Waals surface area (Å²) in [6.07, 6.45) is 3.17. The number of aryl methyl sites for hydroxylation is 1. The van der Waals surface area contributed by atoms with Crippen LogP contribution in [0.2, 0.25) is 0 Å². The van der Waals surface area contributed by atoms with Crippen LogP contribution in [0.1, 0.15) is 35.1 Å². The second kappa shape index (κ2) is 4.30. The lowest BCUT2D eigenvalue weighted by Gasteiger charge is -2.22. The first-order valence-electron chi connectivity index (χ1n) is 5.95. The van der Waals surface area contributed by atoms with Crippen LogP contribution in [0, 0.1) is 0 Å². The zero-order valence-corrected chi connectivity index (χ0v) is 9.56. The Hall–Kier alpha value is -1.68. The van der Waals surface area contributed by atoms with Gasteiger partial charge in [-0.2, -0.15) is 5.10 Å². The molecule has 0 fully saturated rings. The van der Waals surface area contributed by atoms with Crippen molar-refractivity contribution in [2.45, 2.75) is 31.8 Å². The van der Waals surface area contributed by atoms with E-state index >= 15 is 0 Å². The van der Waals surface area contributed by atoms with E-state index in [4.69, 9.17) is 5.11 Å². The highest BCUT2D eigenvalue weighted by molar-refractivity contribution is 5.31. The van der Waals surface area contributed by atoms with E-state index in [0.717, 1.165) is 25.1 Å². The molecule has 0 saturated carbocycles. The van der Waals surface area contributed by atoms with Gasteiger partial charge in [0, 0.05) is 5.92 Å². The molecule has 4 nitrogen and oxygen atoms in total. The van der Waals surface area contributed by atoms with E-state index in [-0.39, 0.29) is 6.61 Å². The molecule has 4 heteroatoms. The number of H-pyrrole nitrogens is 1. The minimum absolute atomic E-state index is 0.0731. The Labute approximate surface area is 99.7 Å². The number of aromatic nitrogens is 3. The average Bonchev–Trinajstić information content (AvgIpc) is 2.87. The van der Waals surface area contributed by atoms with E-state index < -0.39 is 0 Å². The summed E-state index contributed by atoms with van der Waals surface area (Å²) in [6.45, 7) is -0.0731. The summed E-state index contributed by atoms with van der Waals surface area (Å²) in [4.78, 5) is 4.31. The Morgan fingerprint density at radius 3 is 2.88 bits per heavy atom. The van der Waals surface area contributed by atoms with Crippen LogP contribution in [0.4, 0.5) is 0 Å². The Bertz CT molecular complexity index is 521. The van der Waals surface area contributed by atoms with Gasteiger partial charge in [0.2, 0.25) is 0 Å². The van der Waals surface area contributed by atoms with Crippen molar-refractivity contribution in [2.24, 2.45) is 0 Å². The number of nitrogens with one attached hydrogen (secondary N) is 1. The van der Waals surface area contributed by atoms with Gasteiger partial charge in [0.15, 0.2) is 5.82 Å². The molecule has 1 unspecified atom stereocenters. The molecule has 0 aliphatic heterocycles. The second-order valence-electron chi connectivity index (χ2n) is 4.51. The number of hydrogen-bond acceptors (Lipinski definition) is 3. The number of nitrogens with zero attached hydrogens (tertiary/aromatic N) is 2. The Morgan fingerprint density at radius 1 is 1.29 bits per heavy atom. The Kier molecular flexibility index (Phi) is 2.65. The quantitative estimate of drug-likeness (QED) is 0.821. The minimum atomic E-state index is -0.0731. The zero-order valence-electron chi connectivity index (χ0n) is 9.56. The molecule has 1 heterocycles. The van der Waals surface area contributed by atoms with Crippen LogP contribution in [0.5, 0.6) is 0 Å². The van der Waals surface area contributed by atoms with Gasteiger partial charge in [-0.1, -0.05) is 24.3 Å². The zero-order chi connectivity index (χ0) is 11.7. The van der Waals surface area contributed by atoms with E-state index in [9.17, 15) is 0 Å². The first kappa shape index (κ1) is 10.5. The van der Waals surface area contributed by atoms with Crippen LogP contribution < -0.4 is 0 Å². The molecule has 1 aliphatic rings. The lowest BCUT2D eigenvalue weighted by molar-refractivity contribution is 0.271. The number of rotatable bonds is 2. The summed E-state index contributed by atoms with van der Waals surface area (Å²) in [6, 6.07) is 8.55. The molecule has 3 rings (SSSR count). The maximum Gasteiger partial charge on any atom is 0.154 e. The van der Waals surface area contributed by atoms with Gasteiger partial charge in [-0.3, -0.25) is 5.10 Å². The smallest absolute Gasteiger partial charge is 0.154 e. The van der Waals surface area contributed by atoms with Gasteiger partial charge in [0.05, 0.1) is 0 Å². The lowest BCUT2D eigenvalue weighted by Crippen LogP contribution is -2.13. The molecule has 0 saturated heterocycles. The second-order valence-corrected chi connectivity index (χ2v) is 4.51. The molecule has 1 atom stereocenters. The predicted molar refractivity (Wildman–Crippen MR) is 63.5 cm³/mol. The molecule has 2 aromatic rings. The number of aliphatic hydroxyl groups is 1. The van der Waals surface area contributed by atoms with Crippen LogP contribution in [-0.4, -0.2) is 20.3 Å². The molecular formula is C13H15N3O. The first-order chi connectivity index (χ1) is 8.36. The Balaban J connectivity index is 1.84. The van der Waals surface area contributed by atoms with Gasteiger partial charge in [0.25, 0.3) is 0 Å². The van der Waals surface area contributed by atoms with Gasteiger partial charge in [-0.15, -0.1) is 0 Å². The molecule has 0 amide bonds. The molecule has 88 valence electrons. The maximum absolute atomic E-state index is 8.97. The van der Waals surface area contributed by atoms with Crippen molar-refractivity contribution in [3.63, 3.8) is 0 Å². The third kappa shape index (κ3) is 1.96. The normalized spacial score (nSPS) is 19.0. The van der Waals surface area contributed by atoms with Crippen molar-refractivity contribution >= 4 is 0 Å². The van der Waals surface area contributed by atoms with Crippen molar-refractivity contribution in [1.82, 2.24) is 15.2 Å². The van der Waals surface area contributed by atoms with Crippen molar-refractivity contribution in [1.29, 1.82) is 0 Å². The van der Waals surface area contributed by atoms with Gasteiger partial charge in [-0.25, -0.2) is 4.98 Å². The van der Waals surface area contributed by atoms with Crippen molar-refractivity contribution < 1.29 is 5.11 Å². The summed E-state index contributed by atoms with van der Waals surface area (Å²) < 4.78 is 0. The molecule has 1 aliphatic carbocycles. The molecule has 0 radical (unpaired) electrons. The monoisotopic (exact) mass is 229 g/mol. The van der Waals surface area contributed by atoms with E-state index in [2.05, 4.69) is 39.4 Å². The number of aromatic amines is 1. The topological polar surface area (TPSA) is 61.8 Å². The lowest BCUT2D eigenvalue weighted by atomic mass is 9.83. The van der Waals surface area contributed by atoms with Crippen LogP contribution >= 0.6 is 0 Å². The summed E-state index contributed by atoms with van der Waals surface area (Å²) >= 11 is 0. The maximum atomic E-state index is 8.97. The molecule has 1 aromatic heterocycles. The Morgan fingerprint density at radius 2 is 2.12 bits per heavy atom. The van der Waals surface area contributed by atoms with Crippen molar-refractivity contribution in [3.05, 3.63) is 47.0 Å². The fourth-order valence-electron chi connectivity index (χ4n) is 2.48. The summed E-state index contributed by atoms with van der Waals surface area (Å²) in [7, 11) is 0. The molecule has 1 aromatic carbocycles. The molecule has 0 spiro atoms. The van der Waals surface area contributed by atoms with Crippen molar-refractivity contribution in [2.75, 3.05) is 0 Å². The van der Waals surface area contributed by atoms with E-state index in [0.29, 0.717) is 11.7 Å². The fourth-order valence-corrected chi connectivity index (χ4v) is 2.48. The molecular weight excluding hydrogens is 214 g/mol. The third-order valence-corrected chi connectivity index (χ3v) is 3.41. The first-order valence-corrected chi connectivity index (χ1v) is 5.95. The largest absolute Gasteiger partial charge is 0.388 e. The van der Waals surface area contributed by atoms with Gasteiger partial charge >= 0.3 is 0 Å². The van der Waals surface area contributed by atoms with Gasteiger partial charge in [-0.05, 0) is 30.4 Å². The number of benzene rings is 1. The number of fused-ring (bicyclic) bond motifs is 1. The highest BCUT2D eigenvalue weighted by atomic mass is 16.3. The van der Waals surface area contributed by atoms with Crippen LogP contribution in [0.25, 0.3) is 0 Å². The van der Waals surface area contributed by atoms with E-state index in [1.165, 1.54) is 11.1 Å². The van der Waals surface area contributed by atoms with Crippen molar-refractivity contribution in [3.8, 4) is 0 Å². The van der Waals surface area contributed by atoms with Gasteiger partial charge in [0.1, 0.15) is 12.4 Å².